The van der Waals surface area contributed by atoms with Crippen LogP contribution in [0.15, 0.2) is 48.5 Å². The molecular formula is C16H8ClF3N4. The van der Waals surface area contributed by atoms with Crippen molar-refractivity contribution in [2.45, 2.75) is 6.18 Å². The highest BCUT2D eigenvalue weighted by molar-refractivity contribution is 6.30. The summed E-state index contributed by atoms with van der Waals surface area (Å²) in [5.74, 6) is -1.00. The minimum absolute atomic E-state index is 0.0623. The molecule has 2 aromatic heterocycles. The van der Waals surface area contributed by atoms with E-state index in [1.165, 1.54) is 6.07 Å². The first-order valence-electron chi connectivity index (χ1n) is 6.92. The molecule has 4 nitrogen and oxygen atoms in total. The van der Waals surface area contributed by atoms with E-state index in [-0.39, 0.29) is 17.0 Å². The van der Waals surface area contributed by atoms with Gasteiger partial charge in [-0.1, -0.05) is 23.7 Å². The third-order valence-electron chi connectivity index (χ3n) is 3.60. The molecule has 0 fully saturated rings. The van der Waals surface area contributed by atoms with Crippen LogP contribution in [0, 0.1) is 0 Å². The molecule has 0 aliphatic heterocycles. The Morgan fingerprint density at radius 2 is 1.62 bits per heavy atom. The summed E-state index contributed by atoms with van der Waals surface area (Å²) >= 11 is 5.84. The molecule has 2 aromatic carbocycles. The number of para-hydroxylation sites is 1. The lowest BCUT2D eigenvalue weighted by Gasteiger charge is -2.11. The summed E-state index contributed by atoms with van der Waals surface area (Å²) in [6.45, 7) is 0. The number of halogens is 4. The van der Waals surface area contributed by atoms with Gasteiger partial charge in [0.1, 0.15) is 0 Å². The van der Waals surface area contributed by atoms with Crippen LogP contribution in [0.4, 0.5) is 13.2 Å². The number of aromatic nitrogens is 4. The van der Waals surface area contributed by atoms with Crippen molar-refractivity contribution >= 4 is 28.2 Å². The Kier molecular flexibility index (Phi) is 3.21. The maximum absolute atomic E-state index is 13.5. The fourth-order valence-corrected chi connectivity index (χ4v) is 2.69. The molecule has 0 spiro atoms. The van der Waals surface area contributed by atoms with Crippen molar-refractivity contribution in [2.75, 3.05) is 0 Å². The lowest BCUT2D eigenvalue weighted by Crippen LogP contribution is -2.15. The molecule has 4 rings (SSSR count). The number of rotatable bonds is 1. The van der Waals surface area contributed by atoms with Crippen molar-refractivity contribution in [2.24, 2.45) is 0 Å². The summed E-state index contributed by atoms with van der Waals surface area (Å²) in [5, 5.41) is 8.89. The van der Waals surface area contributed by atoms with Crippen molar-refractivity contribution in [1.29, 1.82) is 0 Å². The van der Waals surface area contributed by atoms with Crippen LogP contribution < -0.4 is 0 Å². The van der Waals surface area contributed by atoms with Crippen molar-refractivity contribution in [3.63, 3.8) is 0 Å². The summed E-state index contributed by atoms with van der Waals surface area (Å²) in [6.07, 6.45) is -4.65. The summed E-state index contributed by atoms with van der Waals surface area (Å²) in [4.78, 5) is 3.78. The van der Waals surface area contributed by atoms with Gasteiger partial charge >= 0.3 is 6.18 Å². The second-order valence-corrected chi connectivity index (χ2v) is 5.58. The van der Waals surface area contributed by atoms with Gasteiger partial charge in [0.05, 0.1) is 5.52 Å². The van der Waals surface area contributed by atoms with Crippen molar-refractivity contribution in [3.05, 3.63) is 59.4 Å². The molecule has 0 unspecified atom stereocenters. The third-order valence-corrected chi connectivity index (χ3v) is 3.85. The average molecular weight is 349 g/mol. The minimum atomic E-state index is -4.65. The summed E-state index contributed by atoms with van der Waals surface area (Å²) in [7, 11) is 0. The minimum Gasteiger partial charge on any atom is -0.254 e. The fraction of sp³-hybridized carbons (Fsp3) is 0.0625. The van der Waals surface area contributed by atoms with E-state index in [9.17, 15) is 13.2 Å². The summed E-state index contributed by atoms with van der Waals surface area (Å²) in [6, 6.07) is 12.9. The molecule has 0 amide bonds. The molecule has 0 atom stereocenters. The molecule has 0 aliphatic rings. The molecule has 2 heterocycles. The molecule has 8 heteroatoms. The Morgan fingerprint density at radius 3 is 2.33 bits per heavy atom. The molecule has 0 saturated carbocycles. The molecule has 24 heavy (non-hydrogen) atoms. The van der Waals surface area contributed by atoms with Crippen LogP contribution in [-0.4, -0.2) is 19.6 Å². The molecular weight excluding hydrogens is 341 g/mol. The quantitative estimate of drug-likeness (QED) is 0.504. The zero-order valence-corrected chi connectivity index (χ0v) is 12.7. The normalized spacial score (nSPS) is 12.2. The zero-order chi connectivity index (χ0) is 16.9. The van der Waals surface area contributed by atoms with Crippen LogP contribution in [0.5, 0.6) is 0 Å². The second-order valence-electron chi connectivity index (χ2n) is 5.14. The van der Waals surface area contributed by atoms with Crippen LogP contribution in [-0.2, 0) is 6.18 Å². The predicted octanol–water partition coefficient (Wildman–Crippen LogP) is 4.62. The van der Waals surface area contributed by atoms with E-state index in [2.05, 4.69) is 15.2 Å². The van der Waals surface area contributed by atoms with Gasteiger partial charge < -0.3 is 0 Å². The van der Waals surface area contributed by atoms with Crippen molar-refractivity contribution < 1.29 is 13.2 Å². The molecule has 120 valence electrons. The standard InChI is InChI=1S/C16H8ClF3N4/c17-10-7-5-9(6-8-10)13-22-23-14-11-3-1-2-4-12(11)21-15(24(13)14)16(18,19)20/h1-8H. The van der Waals surface area contributed by atoms with Crippen molar-refractivity contribution in [1.82, 2.24) is 19.6 Å². The van der Waals surface area contributed by atoms with Crippen LogP contribution >= 0.6 is 11.6 Å². The van der Waals surface area contributed by atoms with Crippen molar-refractivity contribution in [3.8, 4) is 11.4 Å². The lowest BCUT2D eigenvalue weighted by atomic mass is 10.2. The number of alkyl halides is 3. The maximum Gasteiger partial charge on any atom is 0.450 e. The van der Waals surface area contributed by atoms with Gasteiger partial charge in [0.25, 0.3) is 0 Å². The average Bonchev–Trinajstić information content (AvgIpc) is 2.99. The zero-order valence-electron chi connectivity index (χ0n) is 11.9. The van der Waals surface area contributed by atoms with E-state index in [0.717, 1.165) is 4.40 Å². The highest BCUT2D eigenvalue weighted by Gasteiger charge is 2.37. The number of hydrogen-bond acceptors (Lipinski definition) is 3. The van der Waals surface area contributed by atoms with Gasteiger partial charge in [-0.25, -0.2) is 4.98 Å². The van der Waals surface area contributed by atoms with E-state index in [0.29, 0.717) is 16.0 Å². The smallest absolute Gasteiger partial charge is 0.254 e. The van der Waals surface area contributed by atoms with Crippen LogP contribution in [0.1, 0.15) is 5.82 Å². The fourth-order valence-electron chi connectivity index (χ4n) is 2.56. The van der Waals surface area contributed by atoms with E-state index in [1.807, 2.05) is 0 Å². The molecule has 0 bridgehead atoms. The second kappa shape index (κ2) is 5.17. The van der Waals surface area contributed by atoms with Crippen LogP contribution in [0.2, 0.25) is 5.02 Å². The Bertz CT molecular complexity index is 1050. The largest absolute Gasteiger partial charge is 0.450 e. The molecule has 4 aromatic rings. The molecule has 0 aliphatic carbocycles. The first kappa shape index (κ1) is 14.9. The summed E-state index contributed by atoms with van der Waals surface area (Å²) in [5.41, 5.74) is 0.791. The lowest BCUT2D eigenvalue weighted by molar-refractivity contribution is -0.145. The SMILES string of the molecule is FC(F)(F)c1nc2ccccc2c2nnc(-c3ccc(Cl)cc3)n12. The Hall–Kier alpha value is -2.67. The van der Waals surface area contributed by atoms with Crippen LogP contribution in [0.25, 0.3) is 27.9 Å². The summed E-state index contributed by atoms with van der Waals surface area (Å²) < 4.78 is 41.5. The van der Waals surface area contributed by atoms with Gasteiger partial charge in [0.15, 0.2) is 11.5 Å². The van der Waals surface area contributed by atoms with E-state index >= 15 is 0 Å². The van der Waals surface area contributed by atoms with Gasteiger partial charge in [-0.2, -0.15) is 13.2 Å². The van der Waals surface area contributed by atoms with Crippen LogP contribution in [0.3, 0.4) is 0 Å². The number of fused-ring (bicyclic) bond motifs is 3. The molecule has 0 N–H and O–H groups in total. The highest BCUT2D eigenvalue weighted by atomic mass is 35.5. The Balaban J connectivity index is 2.13. The van der Waals surface area contributed by atoms with Gasteiger partial charge in [-0.3, -0.25) is 4.40 Å². The topological polar surface area (TPSA) is 43.1 Å². The number of hydrogen-bond donors (Lipinski definition) is 0. The predicted molar refractivity (Wildman–Crippen MR) is 83.7 cm³/mol. The number of benzene rings is 2. The van der Waals surface area contributed by atoms with Gasteiger partial charge in [0.2, 0.25) is 5.82 Å². The highest BCUT2D eigenvalue weighted by Crippen LogP contribution is 2.33. The first-order chi connectivity index (χ1) is 11.4. The Labute approximate surface area is 138 Å². The molecule has 0 radical (unpaired) electrons. The van der Waals surface area contributed by atoms with E-state index in [4.69, 9.17) is 11.6 Å². The maximum atomic E-state index is 13.5. The first-order valence-corrected chi connectivity index (χ1v) is 7.30. The molecule has 0 saturated heterocycles. The Morgan fingerprint density at radius 1 is 0.917 bits per heavy atom. The van der Waals surface area contributed by atoms with E-state index < -0.39 is 12.0 Å². The van der Waals surface area contributed by atoms with E-state index in [1.54, 1.807) is 42.5 Å². The third kappa shape index (κ3) is 2.28. The van der Waals surface area contributed by atoms with Gasteiger partial charge in [-0.05, 0) is 36.4 Å². The van der Waals surface area contributed by atoms with Gasteiger partial charge in [0, 0.05) is 16.0 Å². The monoisotopic (exact) mass is 348 g/mol. The number of nitrogens with zero attached hydrogens (tertiary/aromatic N) is 4. The van der Waals surface area contributed by atoms with Gasteiger partial charge in [-0.15, -0.1) is 10.2 Å².